The van der Waals surface area contributed by atoms with Crippen molar-refractivity contribution in [1.82, 2.24) is 29.7 Å². The number of likely N-dealkylation sites (tertiary alicyclic amines) is 1. The summed E-state index contributed by atoms with van der Waals surface area (Å²) in [7, 11) is 2.08. The lowest BCUT2D eigenvalue weighted by atomic mass is 9.94. The second-order valence-corrected chi connectivity index (χ2v) is 8.71. The zero-order valence-electron chi connectivity index (χ0n) is 18.7. The Morgan fingerprint density at radius 2 is 1.82 bits per heavy atom. The molecular formula is C23H23F3N6O2. The second kappa shape index (κ2) is 8.39. The number of H-pyrrole nitrogens is 1. The Bertz CT molecular complexity index is 1380. The van der Waals surface area contributed by atoms with Crippen LogP contribution >= 0.6 is 0 Å². The van der Waals surface area contributed by atoms with E-state index in [-0.39, 0.29) is 28.4 Å². The fraction of sp³-hybridized carbons (Fsp3) is 0.391. The second-order valence-electron chi connectivity index (χ2n) is 8.71. The maximum Gasteiger partial charge on any atom is 0.433 e. The number of alkyl halides is 3. The van der Waals surface area contributed by atoms with Crippen LogP contribution in [-0.4, -0.2) is 49.8 Å². The molecule has 11 heteroatoms. The molecule has 8 nitrogen and oxygen atoms in total. The van der Waals surface area contributed by atoms with Gasteiger partial charge in [0.1, 0.15) is 11.3 Å². The molecule has 0 spiro atoms. The van der Waals surface area contributed by atoms with Gasteiger partial charge in [0.05, 0.1) is 11.3 Å². The average molecular weight is 472 g/mol. The average Bonchev–Trinajstić information content (AvgIpc) is 3.41. The molecule has 0 bridgehead atoms. The molecule has 34 heavy (non-hydrogen) atoms. The molecule has 4 aromatic rings. The fourth-order valence-corrected chi connectivity index (χ4v) is 4.46. The van der Waals surface area contributed by atoms with Crippen LogP contribution in [0, 0.1) is 12.8 Å². The van der Waals surface area contributed by atoms with Crippen LogP contribution in [0.15, 0.2) is 39.5 Å². The third-order valence-electron chi connectivity index (χ3n) is 6.29. The highest BCUT2D eigenvalue weighted by Crippen LogP contribution is 2.38. The van der Waals surface area contributed by atoms with Crippen LogP contribution in [-0.2, 0) is 12.6 Å². The predicted octanol–water partition coefficient (Wildman–Crippen LogP) is 3.95. The highest BCUT2D eigenvalue weighted by atomic mass is 19.4. The van der Waals surface area contributed by atoms with E-state index in [1.165, 1.54) is 0 Å². The molecule has 5 rings (SSSR count). The van der Waals surface area contributed by atoms with Crippen LogP contribution in [0.5, 0.6) is 0 Å². The summed E-state index contributed by atoms with van der Waals surface area (Å²) in [5.74, 6) is 0.760. The topological polar surface area (TPSA) is 92.3 Å². The normalized spacial score (nSPS) is 15.9. The number of aryl methyl sites for hydroxylation is 1. The molecule has 178 valence electrons. The maximum absolute atomic E-state index is 13.9. The smallest absolute Gasteiger partial charge is 0.420 e. The van der Waals surface area contributed by atoms with Gasteiger partial charge in [-0.05, 0) is 51.4 Å². The third-order valence-corrected chi connectivity index (χ3v) is 6.29. The fourth-order valence-electron chi connectivity index (χ4n) is 4.46. The summed E-state index contributed by atoms with van der Waals surface area (Å²) in [6.45, 7) is 3.53. The first-order chi connectivity index (χ1) is 16.2. The molecule has 1 saturated heterocycles. The number of rotatable bonds is 4. The van der Waals surface area contributed by atoms with Crippen LogP contribution in [0.25, 0.3) is 28.2 Å². The number of piperidine rings is 1. The van der Waals surface area contributed by atoms with E-state index in [1.54, 1.807) is 37.3 Å². The first kappa shape index (κ1) is 22.3. The number of halogens is 3. The van der Waals surface area contributed by atoms with Crippen molar-refractivity contribution in [2.75, 3.05) is 20.1 Å². The van der Waals surface area contributed by atoms with E-state index in [2.05, 4.69) is 32.2 Å². The van der Waals surface area contributed by atoms with E-state index in [0.29, 0.717) is 23.8 Å². The van der Waals surface area contributed by atoms with Gasteiger partial charge in [0.25, 0.3) is 11.4 Å². The number of nitrogens with one attached hydrogen (secondary N) is 1. The highest BCUT2D eigenvalue weighted by Gasteiger charge is 2.38. The van der Waals surface area contributed by atoms with Gasteiger partial charge in [0.2, 0.25) is 5.89 Å². The van der Waals surface area contributed by atoms with Crippen molar-refractivity contribution in [1.29, 1.82) is 0 Å². The van der Waals surface area contributed by atoms with Gasteiger partial charge in [-0.15, -0.1) is 10.2 Å². The summed E-state index contributed by atoms with van der Waals surface area (Å²) in [6.07, 6.45) is -2.11. The maximum atomic E-state index is 13.9. The number of nitrogens with zero attached hydrogens (tertiary/aromatic N) is 5. The van der Waals surface area contributed by atoms with Gasteiger partial charge in [-0.25, -0.2) is 4.98 Å². The zero-order valence-corrected chi connectivity index (χ0v) is 18.7. The van der Waals surface area contributed by atoms with Crippen molar-refractivity contribution >= 4 is 5.65 Å². The zero-order chi connectivity index (χ0) is 24.0. The van der Waals surface area contributed by atoms with E-state index < -0.39 is 17.4 Å². The van der Waals surface area contributed by atoms with Crippen LogP contribution in [0.1, 0.15) is 30.1 Å². The number of hydrogen-bond donors (Lipinski definition) is 1. The van der Waals surface area contributed by atoms with E-state index in [4.69, 9.17) is 4.42 Å². The third kappa shape index (κ3) is 4.00. The van der Waals surface area contributed by atoms with Crippen LogP contribution in [0.3, 0.4) is 0 Å². The summed E-state index contributed by atoms with van der Waals surface area (Å²) in [4.78, 5) is 19.9. The highest BCUT2D eigenvalue weighted by molar-refractivity contribution is 5.81. The minimum atomic E-state index is -4.72. The molecule has 1 aliphatic rings. The molecule has 1 aliphatic heterocycles. The molecule has 0 aliphatic carbocycles. The van der Waals surface area contributed by atoms with Gasteiger partial charge < -0.3 is 9.32 Å². The van der Waals surface area contributed by atoms with Crippen LogP contribution in [0.4, 0.5) is 13.2 Å². The molecule has 4 heterocycles. The van der Waals surface area contributed by atoms with Crippen LogP contribution < -0.4 is 5.56 Å². The Hall–Kier alpha value is -3.47. The molecule has 0 atom stereocenters. The van der Waals surface area contributed by atoms with E-state index in [0.717, 1.165) is 30.4 Å². The number of aromatic nitrogens is 5. The predicted molar refractivity (Wildman–Crippen MR) is 118 cm³/mol. The van der Waals surface area contributed by atoms with Gasteiger partial charge in [0, 0.05) is 6.42 Å². The molecule has 1 N–H and O–H groups in total. The summed E-state index contributed by atoms with van der Waals surface area (Å²) >= 11 is 0. The summed E-state index contributed by atoms with van der Waals surface area (Å²) < 4.78 is 48.2. The lowest BCUT2D eigenvalue weighted by Crippen LogP contribution is -2.30. The van der Waals surface area contributed by atoms with Crippen molar-refractivity contribution in [3.63, 3.8) is 0 Å². The van der Waals surface area contributed by atoms with Crippen molar-refractivity contribution in [2.45, 2.75) is 32.4 Å². The monoisotopic (exact) mass is 472 g/mol. The number of hydrogen-bond acceptors (Lipinski definition) is 6. The summed E-state index contributed by atoms with van der Waals surface area (Å²) in [6, 6.07) is 8.04. The lowest BCUT2D eigenvalue weighted by molar-refractivity contribution is -0.140. The Labute approximate surface area is 192 Å². The van der Waals surface area contributed by atoms with Crippen molar-refractivity contribution in [2.24, 2.45) is 5.92 Å². The first-order valence-electron chi connectivity index (χ1n) is 11.0. The van der Waals surface area contributed by atoms with Crippen LogP contribution in [0.2, 0.25) is 0 Å². The van der Waals surface area contributed by atoms with Gasteiger partial charge in [-0.1, -0.05) is 30.3 Å². The van der Waals surface area contributed by atoms with Crippen molar-refractivity contribution < 1.29 is 17.6 Å². The van der Waals surface area contributed by atoms with Crippen molar-refractivity contribution in [3.8, 4) is 22.6 Å². The minimum absolute atomic E-state index is 0.0192. The SMILES string of the molecule is Cc1nc2c(-c3ccccc3)c(C(F)(F)F)[nH]n2c(=O)c1-c1nnc(CC2CCN(C)CC2)o1. The molecule has 0 saturated carbocycles. The number of fused-ring (bicyclic) bond motifs is 1. The summed E-state index contributed by atoms with van der Waals surface area (Å²) in [5, 5.41) is 10.3. The molecule has 0 unspecified atom stereocenters. The van der Waals surface area contributed by atoms with E-state index in [9.17, 15) is 18.0 Å². The van der Waals surface area contributed by atoms with Crippen molar-refractivity contribution in [3.05, 3.63) is 58.0 Å². The van der Waals surface area contributed by atoms with Gasteiger partial charge in [-0.3, -0.25) is 9.89 Å². The quantitative estimate of drug-likeness (QED) is 0.484. The number of aromatic amines is 1. The molecular weight excluding hydrogens is 449 g/mol. The minimum Gasteiger partial charge on any atom is -0.420 e. The molecule has 0 amide bonds. The lowest BCUT2D eigenvalue weighted by Gasteiger charge is -2.27. The van der Waals surface area contributed by atoms with E-state index >= 15 is 0 Å². The Morgan fingerprint density at radius 3 is 2.50 bits per heavy atom. The van der Waals surface area contributed by atoms with E-state index in [1.807, 2.05) is 0 Å². The molecule has 1 fully saturated rings. The van der Waals surface area contributed by atoms with Gasteiger partial charge in [0.15, 0.2) is 5.65 Å². The van der Waals surface area contributed by atoms with Gasteiger partial charge in [-0.2, -0.15) is 17.7 Å². The number of benzene rings is 1. The Balaban J connectivity index is 1.58. The molecule has 3 aromatic heterocycles. The molecule has 1 aromatic carbocycles. The Morgan fingerprint density at radius 1 is 1.12 bits per heavy atom. The largest absolute Gasteiger partial charge is 0.433 e. The Kier molecular flexibility index (Phi) is 5.51. The van der Waals surface area contributed by atoms with Gasteiger partial charge >= 0.3 is 6.18 Å². The first-order valence-corrected chi connectivity index (χ1v) is 11.0. The molecule has 0 radical (unpaired) electrons. The summed E-state index contributed by atoms with van der Waals surface area (Å²) in [5.41, 5.74) is -1.59. The standard InChI is InChI=1S/C23H23F3N6O2/c1-13-17(21-29-28-16(34-21)12-14-8-10-31(2)11-9-14)22(33)32-20(27-13)18(15-6-4-3-5-7-15)19(30-32)23(24,25)26/h3-7,14,30H,8-12H2,1-2H3.